The number of amidine groups is 1. The molecule has 3 aromatic carbocycles. The summed E-state index contributed by atoms with van der Waals surface area (Å²) in [7, 11) is 0. The Balaban J connectivity index is 1.49. The van der Waals surface area contributed by atoms with Gasteiger partial charge in [-0.15, -0.1) is 0 Å². The fourth-order valence-corrected chi connectivity index (χ4v) is 3.72. The number of carbonyl (C=O) groups excluding carboxylic acids is 1. The van der Waals surface area contributed by atoms with Crippen LogP contribution in [-0.4, -0.2) is 22.2 Å². The molecule has 3 aromatic rings. The smallest absolute Gasteiger partial charge is 0.335 e. The Labute approximate surface area is 187 Å². The predicted octanol–water partition coefficient (Wildman–Crippen LogP) is 4.99. The van der Waals surface area contributed by atoms with Crippen molar-refractivity contribution in [3.63, 3.8) is 0 Å². The molecule has 1 heterocycles. The van der Waals surface area contributed by atoms with Crippen LogP contribution in [0.5, 0.6) is 5.75 Å². The Morgan fingerprint density at radius 2 is 1.78 bits per heavy atom. The highest BCUT2D eigenvalue weighted by Gasteiger charge is 2.24. The molecule has 1 aliphatic heterocycles. The van der Waals surface area contributed by atoms with Gasteiger partial charge in [-0.05, 0) is 65.9 Å². The number of nitrogens with zero attached hydrogens (tertiary/aromatic N) is 1. The van der Waals surface area contributed by atoms with Crippen LogP contribution in [0.1, 0.15) is 21.5 Å². The van der Waals surface area contributed by atoms with Gasteiger partial charge in [0.2, 0.25) is 0 Å². The van der Waals surface area contributed by atoms with Crippen molar-refractivity contribution in [1.82, 2.24) is 5.32 Å². The summed E-state index contributed by atoms with van der Waals surface area (Å²) in [6, 6.07) is 19.4. The molecule has 0 unspecified atom stereocenters. The number of nitrogens with one attached hydrogen (secondary N) is 1. The number of amides is 1. The molecule has 0 radical (unpaired) electrons. The first-order chi connectivity index (χ1) is 15.5. The maximum absolute atomic E-state index is 13.1. The van der Waals surface area contributed by atoms with Gasteiger partial charge in [-0.1, -0.05) is 30.3 Å². The first kappa shape index (κ1) is 21.3. The molecular formula is C24H17FN2O4S. The lowest BCUT2D eigenvalue weighted by molar-refractivity contribution is -0.115. The van der Waals surface area contributed by atoms with Gasteiger partial charge in [-0.3, -0.25) is 4.79 Å². The molecule has 0 saturated carbocycles. The fraction of sp³-hybridized carbons (Fsp3) is 0.0417. The number of rotatable bonds is 6. The van der Waals surface area contributed by atoms with Crippen LogP contribution in [0.4, 0.5) is 10.1 Å². The van der Waals surface area contributed by atoms with Gasteiger partial charge >= 0.3 is 5.97 Å². The lowest BCUT2D eigenvalue weighted by Gasteiger charge is -2.10. The van der Waals surface area contributed by atoms with Crippen LogP contribution >= 0.6 is 11.8 Å². The maximum Gasteiger partial charge on any atom is 0.335 e. The van der Waals surface area contributed by atoms with E-state index in [9.17, 15) is 14.0 Å². The molecule has 32 heavy (non-hydrogen) atoms. The van der Waals surface area contributed by atoms with Crippen molar-refractivity contribution in [2.75, 3.05) is 0 Å². The summed E-state index contributed by atoms with van der Waals surface area (Å²) < 4.78 is 19.0. The van der Waals surface area contributed by atoms with E-state index in [1.165, 1.54) is 48.2 Å². The molecule has 6 nitrogen and oxygen atoms in total. The number of carbonyl (C=O) groups is 2. The lowest BCUT2D eigenvalue weighted by Crippen LogP contribution is -2.19. The van der Waals surface area contributed by atoms with E-state index in [4.69, 9.17) is 9.84 Å². The summed E-state index contributed by atoms with van der Waals surface area (Å²) >= 11 is 1.19. The molecule has 1 amide bonds. The van der Waals surface area contributed by atoms with Crippen molar-refractivity contribution < 1.29 is 23.8 Å². The highest BCUT2D eigenvalue weighted by atomic mass is 32.2. The molecule has 8 heteroatoms. The molecule has 160 valence electrons. The van der Waals surface area contributed by atoms with Crippen LogP contribution in [0.15, 0.2) is 82.7 Å². The summed E-state index contributed by atoms with van der Waals surface area (Å²) in [5.74, 6) is -1.04. The van der Waals surface area contributed by atoms with Gasteiger partial charge in [-0.25, -0.2) is 14.2 Å². The molecule has 0 bridgehead atoms. The molecule has 0 aliphatic carbocycles. The van der Waals surface area contributed by atoms with E-state index in [1.807, 2.05) is 18.2 Å². The summed E-state index contributed by atoms with van der Waals surface area (Å²) in [6.45, 7) is 0.247. The number of para-hydroxylation sites is 1. The van der Waals surface area contributed by atoms with Crippen molar-refractivity contribution in [2.45, 2.75) is 6.61 Å². The first-order valence-electron chi connectivity index (χ1n) is 9.57. The first-order valence-corrected chi connectivity index (χ1v) is 10.4. The topological polar surface area (TPSA) is 88.0 Å². The number of benzene rings is 3. The Kier molecular flexibility index (Phi) is 6.32. The van der Waals surface area contributed by atoms with Crippen LogP contribution in [-0.2, 0) is 11.4 Å². The van der Waals surface area contributed by atoms with E-state index >= 15 is 0 Å². The van der Waals surface area contributed by atoms with Crippen LogP contribution in [0.3, 0.4) is 0 Å². The second kappa shape index (κ2) is 9.49. The van der Waals surface area contributed by atoms with E-state index in [0.717, 1.165) is 11.1 Å². The zero-order valence-electron chi connectivity index (χ0n) is 16.6. The predicted molar refractivity (Wildman–Crippen MR) is 121 cm³/mol. The third kappa shape index (κ3) is 5.22. The second-order valence-electron chi connectivity index (χ2n) is 6.79. The van der Waals surface area contributed by atoms with Crippen molar-refractivity contribution in [3.05, 3.63) is 100 Å². The molecule has 1 aliphatic rings. The van der Waals surface area contributed by atoms with E-state index < -0.39 is 5.97 Å². The molecule has 4 rings (SSSR count). The van der Waals surface area contributed by atoms with Crippen molar-refractivity contribution in [2.24, 2.45) is 4.99 Å². The normalized spacial score (nSPS) is 15.7. The van der Waals surface area contributed by atoms with Crippen LogP contribution in [0.25, 0.3) is 6.08 Å². The minimum atomic E-state index is -0.982. The summed E-state index contributed by atoms with van der Waals surface area (Å²) in [6.07, 6.45) is 1.72. The third-order valence-electron chi connectivity index (χ3n) is 4.51. The number of thioether (sulfide) groups is 1. The van der Waals surface area contributed by atoms with E-state index in [1.54, 1.807) is 24.3 Å². The molecule has 2 N–H and O–H groups in total. The van der Waals surface area contributed by atoms with Gasteiger partial charge in [0, 0.05) is 5.56 Å². The fourth-order valence-electron chi connectivity index (χ4n) is 2.89. The molecule has 0 atom stereocenters. The zero-order chi connectivity index (χ0) is 22.5. The Morgan fingerprint density at radius 1 is 1.06 bits per heavy atom. The average molecular weight is 448 g/mol. The van der Waals surface area contributed by atoms with E-state index in [0.29, 0.717) is 21.5 Å². The number of hydrogen-bond donors (Lipinski definition) is 2. The number of carboxylic acids is 1. The summed E-state index contributed by atoms with van der Waals surface area (Å²) in [5, 5.41) is 12.1. The van der Waals surface area contributed by atoms with Crippen LogP contribution < -0.4 is 10.1 Å². The molecular weight excluding hydrogens is 431 g/mol. The SMILES string of the molecule is O=C1NC(=Nc2ccc(F)cc2)S/C1=C\c1ccccc1OCc1ccc(C(=O)O)cc1. The van der Waals surface area contributed by atoms with Gasteiger partial charge < -0.3 is 15.2 Å². The van der Waals surface area contributed by atoms with Gasteiger partial charge in [0.25, 0.3) is 5.91 Å². The summed E-state index contributed by atoms with van der Waals surface area (Å²) in [4.78, 5) is 28.1. The zero-order valence-corrected chi connectivity index (χ0v) is 17.4. The van der Waals surface area contributed by atoms with Gasteiger partial charge in [0.1, 0.15) is 18.2 Å². The highest BCUT2D eigenvalue weighted by molar-refractivity contribution is 8.18. The van der Waals surface area contributed by atoms with Gasteiger partial charge in [-0.2, -0.15) is 0 Å². The molecule has 1 saturated heterocycles. The van der Waals surface area contributed by atoms with Gasteiger partial charge in [0.05, 0.1) is 16.2 Å². The quantitative estimate of drug-likeness (QED) is 0.519. The molecule has 0 aromatic heterocycles. The number of aliphatic imine (C=N–C) groups is 1. The average Bonchev–Trinajstić information content (AvgIpc) is 3.13. The number of carboxylic acid groups (broad SMARTS) is 1. The maximum atomic E-state index is 13.1. The summed E-state index contributed by atoms with van der Waals surface area (Å²) in [5.41, 5.74) is 2.28. The van der Waals surface area contributed by atoms with Crippen LogP contribution in [0.2, 0.25) is 0 Å². The number of aromatic carboxylic acids is 1. The van der Waals surface area contributed by atoms with E-state index in [-0.39, 0.29) is 23.9 Å². The Morgan fingerprint density at radius 3 is 2.50 bits per heavy atom. The number of ether oxygens (including phenoxy) is 1. The minimum absolute atomic E-state index is 0.209. The van der Waals surface area contributed by atoms with Gasteiger partial charge in [0.15, 0.2) is 5.17 Å². The monoisotopic (exact) mass is 448 g/mol. The highest BCUT2D eigenvalue weighted by Crippen LogP contribution is 2.31. The lowest BCUT2D eigenvalue weighted by atomic mass is 10.1. The molecule has 1 fully saturated rings. The van der Waals surface area contributed by atoms with Crippen LogP contribution in [0, 0.1) is 5.82 Å². The van der Waals surface area contributed by atoms with Crippen molar-refractivity contribution >= 4 is 40.6 Å². The van der Waals surface area contributed by atoms with Crippen molar-refractivity contribution in [3.8, 4) is 5.75 Å². The van der Waals surface area contributed by atoms with Crippen molar-refractivity contribution in [1.29, 1.82) is 0 Å². The largest absolute Gasteiger partial charge is 0.488 e. The third-order valence-corrected chi connectivity index (χ3v) is 5.42. The second-order valence-corrected chi connectivity index (χ2v) is 7.82. The molecule has 0 spiro atoms. The minimum Gasteiger partial charge on any atom is -0.488 e. The number of halogens is 1. The number of hydrogen-bond acceptors (Lipinski definition) is 5. The Bertz CT molecular complexity index is 1220. The Hall–Kier alpha value is -3.91. The van der Waals surface area contributed by atoms with E-state index in [2.05, 4.69) is 10.3 Å². The standard InChI is InChI=1S/C24H17FN2O4S/c25-18-9-11-19(12-10-18)26-24-27-22(28)21(32-24)13-17-3-1-2-4-20(17)31-14-15-5-7-16(8-6-15)23(29)30/h1-13H,14H2,(H,29,30)(H,26,27,28)/b21-13-.